The van der Waals surface area contributed by atoms with Gasteiger partial charge in [0, 0.05) is 16.3 Å². The zero-order valence-electron chi connectivity index (χ0n) is 7.30. The van der Waals surface area contributed by atoms with Crippen LogP contribution in [0, 0.1) is 0 Å². The first-order valence-electron chi connectivity index (χ1n) is 4.13. The Hall–Kier alpha value is -0.800. The molecule has 0 radical (unpaired) electrons. The Labute approximate surface area is 95.6 Å². The second-order valence-corrected chi connectivity index (χ2v) is 4.24. The molecule has 0 unspecified atom stereocenters. The predicted octanol–water partition coefficient (Wildman–Crippen LogP) is 2.71. The van der Waals surface area contributed by atoms with Crippen LogP contribution in [0.5, 0.6) is 0 Å². The molecule has 0 spiro atoms. The minimum atomic E-state index is 0.568. The van der Waals surface area contributed by atoms with Crippen LogP contribution in [0.4, 0.5) is 0 Å². The van der Waals surface area contributed by atoms with Gasteiger partial charge in [-0.1, -0.05) is 23.7 Å². The molecule has 4 heteroatoms. The highest BCUT2D eigenvalue weighted by Crippen LogP contribution is 2.23. The maximum absolute atomic E-state index is 5.80. The molecule has 1 aromatic rings. The van der Waals surface area contributed by atoms with Crippen molar-refractivity contribution in [3.63, 3.8) is 0 Å². The SMILES string of the molecule is NC1=C(Br)C(c2ccc(Cl)cc2)=NC1. The molecule has 0 fully saturated rings. The first-order chi connectivity index (χ1) is 6.68. The minimum Gasteiger partial charge on any atom is -0.400 e. The monoisotopic (exact) mass is 270 g/mol. The Morgan fingerprint density at radius 3 is 2.43 bits per heavy atom. The van der Waals surface area contributed by atoms with Crippen LogP contribution < -0.4 is 5.73 Å². The molecule has 2 nitrogen and oxygen atoms in total. The number of rotatable bonds is 1. The molecule has 72 valence electrons. The topological polar surface area (TPSA) is 38.4 Å². The van der Waals surface area contributed by atoms with Crippen molar-refractivity contribution in [2.45, 2.75) is 0 Å². The zero-order chi connectivity index (χ0) is 10.1. The zero-order valence-corrected chi connectivity index (χ0v) is 9.64. The predicted molar refractivity (Wildman–Crippen MR) is 63.0 cm³/mol. The van der Waals surface area contributed by atoms with Crippen LogP contribution in [-0.2, 0) is 0 Å². The highest BCUT2D eigenvalue weighted by Gasteiger charge is 2.16. The Kier molecular flexibility index (Phi) is 2.61. The summed E-state index contributed by atoms with van der Waals surface area (Å²) in [6.45, 7) is 0.568. The largest absolute Gasteiger partial charge is 0.400 e. The molecule has 0 bridgehead atoms. The molecule has 14 heavy (non-hydrogen) atoms. The number of nitrogens with zero attached hydrogens (tertiary/aromatic N) is 1. The van der Waals surface area contributed by atoms with Gasteiger partial charge in [-0.05, 0) is 28.1 Å². The van der Waals surface area contributed by atoms with Crippen LogP contribution in [0.15, 0.2) is 39.4 Å². The lowest BCUT2D eigenvalue weighted by Gasteiger charge is -2.01. The van der Waals surface area contributed by atoms with Crippen LogP contribution in [0.1, 0.15) is 5.56 Å². The summed E-state index contributed by atoms with van der Waals surface area (Å²) in [5, 5.41) is 0.723. The van der Waals surface area contributed by atoms with E-state index >= 15 is 0 Å². The third kappa shape index (κ3) is 1.70. The second kappa shape index (κ2) is 3.75. The van der Waals surface area contributed by atoms with Crippen molar-refractivity contribution in [1.29, 1.82) is 0 Å². The summed E-state index contributed by atoms with van der Waals surface area (Å²) in [5.74, 6) is 0. The van der Waals surface area contributed by atoms with Crippen molar-refractivity contribution in [2.75, 3.05) is 6.54 Å². The van der Waals surface area contributed by atoms with E-state index < -0.39 is 0 Å². The van der Waals surface area contributed by atoms with E-state index in [1.807, 2.05) is 24.3 Å². The number of benzene rings is 1. The highest BCUT2D eigenvalue weighted by molar-refractivity contribution is 9.12. The van der Waals surface area contributed by atoms with Crippen molar-refractivity contribution >= 4 is 33.2 Å². The molecule has 1 aromatic carbocycles. The molecule has 0 aliphatic carbocycles. The lowest BCUT2D eigenvalue weighted by Crippen LogP contribution is -2.01. The van der Waals surface area contributed by atoms with Gasteiger partial charge in [0.2, 0.25) is 0 Å². The number of aliphatic imine (C=N–C) groups is 1. The van der Waals surface area contributed by atoms with Crippen LogP contribution >= 0.6 is 27.5 Å². The summed E-state index contributed by atoms with van der Waals surface area (Å²) in [5.41, 5.74) is 8.43. The van der Waals surface area contributed by atoms with E-state index in [2.05, 4.69) is 20.9 Å². The van der Waals surface area contributed by atoms with E-state index in [9.17, 15) is 0 Å². The van der Waals surface area contributed by atoms with Crippen LogP contribution in [0.2, 0.25) is 5.02 Å². The fourth-order valence-electron chi connectivity index (χ4n) is 1.28. The van der Waals surface area contributed by atoms with E-state index in [4.69, 9.17) is 17.3 Å². The fourth-order valence-corrected chi connectivity index (χ4v) is 1.89. The van der Waals surface area contributed by atoms with Gasteiger partial charge in [-0.3, -0.25) is 4.99 Å². The molecular weight excluding hydrogens is 263 g/mol. The highest BCUT2D eigenvalue weighted by atomic mass is 79.9. The van der Waals surface area contributed by atoms with Gasteiger partial charge in [-0.25, -0.2) is 0 Å². The van der Waals surface area contributed by atoms with Crippen LogP contribution in [0.25, 0.3) is 0 Å². The van der Waals surface area contributed by atoms with Crippen molar-refractivity contribution in [1.82, 2.24) is 0 Å². The van der Waals surface area contributed by atoms with Gasteiger partial charge in [0.25, 0.3) is 0 Å². The average Bonchev–Trinajstić information content (AvgIpc) is 2.50. The summed E-state index contributed by atoms with van der Waals surface area (Å²) >= 11 is 9.21. The quantitative estimate of drug-likeness (QED) is 0.838. The van der Waals surface area contributed by atoms with Gasteiger partial charge in [-0.15, -0.1) is 0 Å². The maximum Gasteiger partial charge on any atom is 0.0811 e. The maximum atomic E-state index is 5.80. The van der Waals surface area contributed by atoms with Crippen molar-refractivity contribution in [3.05, 3.63) is 45.0 Å². The molecular formula is C10H8BrClN2. The number of halogens is 2. The molecule has 2 rings (SSSR count). The van der Waals surface area contributed by atoms with Gasteiger partial charge >= 0.3 is 0 Å². The van der Waals surface area contributed by atoms with E-state index in [1.54, 1.807) is 0 Å². The molecule has 0 amide bonds. The van der Waals surface area contributed by atoms with E-state index in [1.165, 1.54) is 0 Å². The number of hydrogen-bond acceptors (Lipinski definition) is 2. The molecule has 0 atom stereocenters. The summed E-state index contributed by atoms with van der Waals surface area (Å²) in [7, 11) is 0. The third-order valence-electron chi connectivity index (χ3n) is 2.02. The van der Waals surface area contributed by atoms with Gasteiger partial charge in [-0.2, -0.15) is 0 Å². The summed E-state index contributed by atoms with van der Waals surface area (Å²) in [4.78, 5) is 4.33. The molecule has 1 aliphatic heterocycles. The summed E-state index contributed by atoms with van der Waals surface area (Å²) in [6.07, 6.45) is 0. The Balaban J connectivity index is 2.38. The van der Waals surface area contributed by atoms with Crippen molar-refractivity contribution in [2.24, 2.45) is 10.7 Å². The smallest absolute Gasteiger partial charge is 0.0811 e. The standard InChI is InChI=1S/C10H8BrClN2/c11-9-8(13)5-14-10(9)6-1-3-7(12)4-2-6/h1-4H,5,13H2. The van der Waals surface area contributed by atoms with Crippen LogP contribution in [-0.4, -0.2) is 12.3 Å². The number of nitrogens with two attached hydrogens (primary N) is 1. The molecule has 2 N–H and O–H groups in total. The van der Waals surface area contributed by atoms with E-state index in [0.29, 0.717) is 6.54 Å². The summed E-state index contributed by atoms with van der Waals surface area (Å²) in [6, 6.07) is 7.55. The third-order valence-corrected chi connectivity index (χ3v) is 3.15. The summed E-state index contributed by atoms with van der Waals surface area (Å²) < 4.78 is 0.889. The number of allylic oxidation sites excluding steroid dienone is 1. The van der Waals surface area contributed by atoms with Crippen molar-refractivity contribution < 1.29 is 0 Å². The second-order valence-electron chi connectivity index (χ2n) is 3.01. The van der Waals surface area contributed by atoms with Gasteiger partial charge in [0.15, 0.2) is 0 Å². The fraction of sp³-hybridized carbons (Fsp3) is 0.100. The first-order valence-corrected chi connectivity index (χ1v) is 5.30. The molecule has 1 aliphatic rings. The molecule has 0 aromatic heterocycles. The van der Waals surface area contributed by atoms with Gasteiger partial charge in [0.1, 0.15) is 0 Å². The number of hydrogen-bond donors (Lipinski definition) is 1. The van der Waals surface area contributed by atoms with Crippen LogP contribution in [0.3, 0.4) is 0 Å². The van der Waals surface area contributed by atoms with Crippen molar-refractivity contribution in [3.8, 4) is 0 Å². The lowest BCUT2D eigenvalue weighted by molar-refractivity contribution is 1.14. The van der Waals surface area contributed by atoms with Gasteiger partial charge < -0.3 is 5.73 Å². The lowest BCUT2D eigenvalue weighted by atomic mass is 10.1. The Morgan fingerprint density at radius 1 is 1.29 bits per heavy atom. The Bertz CT molecular complexity index is 420. The van der Waals surface area contributed by atoms with Gasteiger partial charge in [0.05, 0.1) is 16.7 Å². The van der Waals surface area contributed by atoms with E-state index in [-0.39, 0.29) is 0 Å². The molecule has 0 saturated carbocycles. The Morgan fingerprint density at radius 2 is 1.93 bits per heavy atom. The molecule has 0 saturated heterocycles. The first kappa shape index (κ1) is 9.74. The average molecular weight is 272 g/mol. The minimum absolute atomic E-state index is 0.568. The normalized spacial score (nSPS) is 16.0. The molecule has 1 heterocycles. The van der Waals surface area contributed by atoms with E-state index in [0.717, 1.165) is 26.5 Å².